The molecule has 1 aliphatic rings. The molecule has 2 rings (SSSR count). The zero-order valence-corrected chi connectivity index (χ0v) is 12.2. The summed E-state index contributed by atoms with van der Waals surface area (Å²) in [6.07, 6.45) is 2.12. The molecule has 2 N–H and O–H groups in total. The van der Waals surface area contributed by atoms with Crippen molar-refractivity contribution in [2.24, 2.45) is 5.73 Å². The average Bonchev–Trinajstić information content (AvgIpc) is 2.69. The maximum absolute atomic E-state index is 5.88. The molecule has 0 bridgehead atoms. The molecule has 0 radical (unpaired) electrons. The number of hydrogen-bond acceptors (Lipinski definition) is 5. The van der Waals surface area contributed by atoms with Crippen molar-refractivity contribution in [3.05, 3.63) is 11.7 Å². The molecule has 1 aromatic rings. The molecular weight excluding hydrogens is 252 g/mol. The number of nitrogens with zero attached hydrogens (tertiary/aromatic N) is 3. The minimum atomic E-state index is -0.0739. The molecule has 0 saturated carbocycles. The Balaban J connectivity index is 0.00000162. The first-order valence-electron chi connectivity index (χ1n) is 6.26. The third kappa shape index (κ3) is 3.93. The van der Waals surface area contributed by atoms with Crippen LogP contribution in [0.2, 0.25) is 0 Å². The fraction of sp³-hybridized carbons (Fsp3) is 0.833. The lowest BCUT2D eigenvalue weighted by atomic mass is 9.97. The van der Waals surface area contributed by atoms with E-state index in [-0.39, 0.29) is 17.8 Å². The number of halogens is 1. The van der Waals surface area contributed by atoms with E-state index in [9.17, 15) is 0 Å². The number of nitrogens with two attached hydrogens (primary N) is 1. The van der Waals surface area contributed by atoms with Gasteiger partial charge >= 0.3 is 0 Å². The van der Waals surface area contributed by atoms with Crippen LogP contribution in [-0.2, 0) is 12.0 Å². The SMILES string of the molecule is CC(C)(C)c1nc(CN2CCC(N)CC2)no1.Cl. The maximum Gasteiger partial charge on any atom is 0.232 e. The van der Waals surface area contributed by atoms with Crippen LogP contribution in [0.5, 0.6) is 0 Å². The lowest BCUT2D eigenvalue weighted by Gasteiger charge is -2.28. The Labute approximate surface area is 115 Å². The summed E-state index contributed by atoms with van der Waals surface area (Å²) in [6.45, 7) is 9.05. The van der Waals surface area contributed by atoms with Crippen LogP contribution >= 0.6 is 12.4 Å². The molecule has 2 heterocycles. The predicted molar refractivity (Wildman–Crippen MR) is 72.7 cm³/mol. The maximum atomic E-state index is 5.88. The first kappa shape index (κ1) is 15.4. The Morgan fingerprint density at radius 3 is 2.44 bits per heavy atom. The normalized spacial score (nSPS) is 18.7. The van der Waals surface area contributed by atoms with Gasteiger partial charge in [-0.15, -0.1) is 12.4 Å². The fourth-order valence-corrected chi connectivity index (χ4v) is 1.93. The first-order valence-corrected chi connectivity index (χ1v) is 6.26. The lowest BCUT2D eigenvalue weighted by molar-refractivity contribution is 0.198. The second-order valence-electron chi connectivity index (χ2n) is 5.88. The molecular formula is C12H23ClN4O. The number of hydrogen-bond donors (Lipinski definition) is 1. The van der Waals surface area contributed by atoms with E-state index >= 15 is 0 Å². The molecule has 5 nitrogen and oxygen atoms in total. The number of aromatic nitrogens is 2. The minimum Gasteiger partial charge on any atom is -0.339 e. The van der Waals surface area contributed by atoms with E-state index in [1.54, 1.807) is 0 Å². The Morgan fingerprint density at radius 1 is 1.33 bits per heavy atom. The fourth-order valence-electron chi connectivity index (χ4n) is 1.93. The smallest absolute Gasteiger partial charge is 0.232 e. The van der Waals surface area contributed by atoms with Crippen LogP contribution < -0.4 is 5.73 Å². The molecule has 18 heavy (non-hydrogen) atoms. The summed E-state index contributed by atoms with van der Waals surface area (Å²) in [5, 5.41) is 4.04. The second-order valence-corrected chi connectivity index (χ2v) is 5.88. The standard InChI is InChI=1S/C12H22N4O.ClH/c1-12(2,3)11-14-10(15-17-11)8-16-6-4-9(13)5-7-16;/h9H,4-8,13H2,1-3H3;1H. The molecule has 1 fully saturated rings. The molecule has 0 aliphatic carbocycles. The quantitative estimate of drug-likeness (QED) is 0.889. The monoisotopic (exact) mass is 274 g/mol. The van der Waals surface area contributed by atoms with E-state index in [4.69, 9.17) is 10.3 Å². The molecule has 104 valence electrons. The summed E-state index contributed by atoms with van der Waals surface area (Å²) >= 11 is 0. The second kappa shape index (κ2) is 5.99. The first-order chi connectivity index (χ1) is 7.95. The van der Waals surface area contributed by atoms with E-state index in [1.807, 2.05) is 0 Å². The van der Waals surface area contributed by atoms with Crippen molar-refractivity contribution >= 4 is 12.4 Å². The van der Waals surface area contributed by atoms with Gasteiger partial charge in [0.05, 0.1) is 6.54 Å². The van der Waals surface area contributed by atoms with E-state index in [1.165, 1.54) is 0 Å². The summed E-state index contributed by atoms with van der Waals surface area (Å²) in [7, 11) is 0. The highest BCUT2D eigenvalue weighted by molar-refractivity contribution is 5.85. The van der Waals surface area contributed by atoms with E-state index in [0.29, 0.717) is 11.9 Å². The van der Waals surface area contributed by atoms with Gasteiger partial charge in [-0.25, -0.2) is 0 Å². The van der Waals surface area contributed by atoms with Gasteiger partial charge in [0.15, 0.2) is 5.82 Å². The molecule has 0 atom stereocenters. The molecule has 1 aliphatic heterocycles. The van der Waals surface area contributed by atoms with Gasteiger partial charge in [-0.05, 0) is 12.8 Å². The average molecular weight is 275 g/mol. The van der Waals surface area contributed by atoms with Gasteiger partial charge in [-0.3, -0.25) is 4.90 Å². The highest BCUT2D eigenvalue weighted by Gasteiger charge is 2.23. The van der Waals surface area contributed by atoms with Crippen molar-refractivity contribution in [2.45, 2.75) is 51.6 Å². The molecule has 6 heteroatoms. The van der Waals surface area contributed by atoms with Gasteiger partial charge in [-0.2, -0.15) is 4.98 Å². The summed E-state index contributed by atoms with van der Waals surface area (Å²) in [5.74, 6) is 1.49. The van der Waals surface area contributed by atoms with Crippen molar-refractivity contribution in [2.75, 3.05) is 13.1 Å². The van der Waals surface area contributed by atoms with Crippen molar-refractivity contribution in [3.8, 4) is 0 Å². The topological polar surface area (TPSA) is 68.2 Å². The highest BCUT2D eigenvalue weighted by Crippen LogP contribution is 2.20. The van der Waals surface area contributed by atoms with Crippen molar-refractivity contribution in [1.29, 1.82) is 0 Å². The van der Waals surface area contributed by atoms with Crippen molar-refractivity contribution < 1.29 is 4.52 Å². The Morgan fingerprint density at radius 2 is 1.94 bits per heavy atom. The van der Waals surface area contributed by atoms with Gasteiger partial charge in [0.1, 0.15) is 0 Å². The molecule has 1 aromatic heterocycles. The van der Waals surface area contributed by atoms with Crippen molar-refractivity contribution in [1.82, 2.24) is 15.0 Å². The van der Waals surface area contributed by atoms with Crippen LogP contribution in [-0.4, -0.2) is 34.2 Å². The molecule has 0 spiro atoms. The summed E-state index contributed by atoms with van der Waals surface area (Å²) < 4.78 is 5.28. The van der Waals surface area contributed by atoms with Crippen LogP contribution in [0.15, 0.2) is 4.52 Å². The third-order valence-electron chi connectivity index (χ3n) is 3.11. The molecule has 0 unspecified atom stereocenters. The molecule has 0 aromatic carbocycles. The molecule has 0 amide bonds. The van der Waals surface area contributed by atoms with E-state index < -0.39 is 0 Å². The Hall–Kier alpha value is -0.650. The van der Waals surface area contributed by atoms with Gasteiger partial charge < -0.3 is 10.3 Å². The van der Waals surface area contributed by atoms with Crippen LogP contribution in [0.1, 0.15) is 45.3 Å². The van der Waals surface area contributed by atoms with Gasteiger partial charge in [0, 0.05) is 24.5 Å². The third-order valence-corrected chi connectivity index (χ3v) is 3.11. The summed E-state index contributed by atoms with van der Waals surface area (Å²) in [5.41, 5.74) is 5.80. The van der Waals surface area contributed by atoms with Gasteiger partial charge in [0.2, 0.25) is 5.89 Å². The van der Waals surface area contributed by atoms with Gasteiger partial charge in [-0.1, -0.05) is 25.9 Å². The van der Waals surface area contributed by atoms with Crippen LogP contribution in [0.4, 0.5) is 0 Å². The van der Waals surface area contributed by atoms with E-state index in [0.717, 1.165) is 38.3 Å². The number of piperidine rings is 1. The van der Waals surface area contributed by atoms with E-state index in [2.05, 4.69) is 35.8 Å². The Kier molecular flexibility index (Phi) is 5.13. The molecule has 1 saturated heterocycles. The largest absolute Gasteiger partial charge is 0.339 e. The Bertz CT molecular complexity index is 366. The van der Waals surface area contributed by atoms with Crippen LogP contribution in [0.3, 0.4) is 0 Å². The minimum absolute atomic E-state index is 0. The van der Waals surface area contributed by atoms with Gasteiger partial charge in [0.25, 0.3) is 0 Å². The zero-order valence-electron chi connectivity index (χ0n) is 11.3. The van der Waals surface area contributed by atoms with Crippen molar-refractivity contribution in [3.63, 3.8) is 0 Å². The lowest BCUT2D eigenvalue weighted by Crippen LogP contribution is -2.39. The predicted octanol–water partition coefficient (Wildman–Crippen LogP) is 1.71. The number of likely N-dealkylation sites (tertiary alicyclic amines) is 1. The van der Waals surface area contributed by atoms with Crippen LogP contribution in [0.25, 0.3) is 0 Å². The zero-order chi connectivity index (χ0) is 12.5. The number of rotatable bonds is 2. The summed E-state index contributed by atoms with van der Waals surface area (Å²) in [4.78, 5) is 6.78. The van der Waals surface area contributed by atoms with Crippen LogP contribution in [0, 0.1) is 0 Å². The highest BCUT2D eigenvalue weighted by atomic mass is 35.5. The summed E-state index contributed by atoms with van der Waals surface area (Å²) in [6, 6.07) is 0.363.